The largest absolute Gasteiger partial charge is 0.652 e. The van der Waals surface area contributed by atoms with Crippen LogP contribution in [0.1, 0.15) is 6.92 Å². The van der Waals surface area contributed by atoms with Crippen molar-refractivity contribution in [1.82, 2.24) is 5.32 Å². The lowest BCUT2D eigenvalue weighted by Gasteiger charge is -2.08. The molecule has 0 aromatic carbocycles. The molecule has 8 heteroatoms. The van der Waals surface area contributed by atoms with E-state index >= 15 is 0 Å². The molecule has 1 unspecified atom stereocenters. The number of hydrogen-bond acceptors (Lipinski definition) is 6. The van der Waals surface area contributed by atoms with Gasteiger partial charge in [0, 0.05) is 12.7 Å². The topological polar surface area (TPSA) is 130 Å². The second-order valence-corrected chi connectivity index (χ2v) is 2.39. The summed E-state index contributed by atoms with van der Waals surface area (Å²) >= 11 is 3.73. The summed E-state index contributed by atoms with van der Waals surface area (Å²) in [6, 6.07) is -0.874. The number of carbonyl (C=O) groups is 3. The first-order valence-corrected chi connectivity index (χ1v) is 3.93. The molecule has 0 radical (unpaired) electrons. The van der Waals surface area contributed by atoms with E-state index in [1.54, 1.807) is 0 Å². The van der Waals surface area contributed by atoms with Crippen LogP contribution in [0, 0.1) is 0 Å². The van der Waals surface area contributed by atoms with E-state index in [0.717, 1.165) is 0 Å². The van der Waals surface area contributed by atoms with Crippen LogP contribution in [0.15, 0.2) is 0 Å². The zero-order valence-corrected chi connectivity index (χ0v) is 8.11. The van der Waals surface area contributed by atoms with Gasteiger partial charge in [-0.25, -0.2) is 4.79 Å². The number of carboxylic acid groups (broad SMARTS) is 3. The van der Waals surface area contributed by atoms with Gasteiger partial charge in [0.25, 0.3) is 0 Å². The Morgan fingerprint density at radius 2 is 1.79 bits per heavy atom. The zero-order chi connectivity index (χ0) is 11.7. The molecule has 0 aliphatic rings. The summed E-state index contributed by atoms with van der Waals surface area (Å²) < 4.78 is 0. The first-order chi connectivity index (χ1) is 6.31. The van der Waals surface area contributed by atoms with Gasteiger partial charge in [-0.05, 0) is 6.16 Å². The van der Waals surface area contributed by atoms with E-state index in [1.165, 1.54) is 6.92 Å². The second kappa shape index (κ2) is 8.17. The predicted molar refractivity (Wildman–Crippen MR) is 44.5 cm³/mol. The quantitative estimate of drug-likeness (QED) is 0.439. The average Bonchev–Trinajstić information content (AvgIpc) is 1.98. The Kier molecular flexibility index (Phi) is 8.79. The Bertz CT molecular complexity index is 214. The molecule has 0 saturated carbocycles. The van der Waals surface area contributed by atoms with Gasteiger partial charge in [-0.1, -0.05) is 0 Å². The molecule has 0 bridgehead atoms. The van der Waals surface area contributed by atoms with Crippen molar-refractivity contribution in [3.05, 3.63) is 0 Å². The molecule has 0 aliphatic carbocycles. The third-order valence-electron chi connectivity index (χ3n) is 0.858. The fourth-order valence-corrected chi connectivity index (χ4v) is 0.678. The van der Waals surface area contributed by atoms with Crippen LogP contribution in [-0.4, -0.2) is 34.9 Å². The molecule has 7 nitrogen and oxygen atoms in total. The fraction of sp³-hybridized carbons (Fsp3) is 0.500. The van der Waals surface area contributed by atoms with Crippen molar-refractivity contribution in [1.29, 1.82) is 0 Å². The van der Waals surface area contributed by atoms with E-state index in [9.17, 15) is 9.59 Å². The molecule has 0 spiro atoms. The Hall–Kier alpha value is -1.44. The second-order valence-electron chi connectivity index (χ2n) is 2.02. The SMILES string of the molecule is CC(=O)NC(CS)C(=O)O.O=C([O-])[O-]. The van der Waals surface area contributed by atoms with E-state index in [1.807, 2.05) is 0 Å². The number of thiol groups is 1. The Labute approximate surface area is 85.1 Å². The smallest absolute Gasteiger partial charge is 0.327 e. The first-order valence-electron chi connectivity index (χ1n) is 3.30. The van der Waals surface area contributed by atoms with Gasteiger partial charge in [0.1, 0.15) is 6.04 Å². The van der Waals surface area contributed by atoms with Crippen LogP contribution >= 0.6 is 12.6 Å². The maximum atomic E-state index is 10.3. The number of nitrogens with one attached hydrogen (secondary N) is 1. The van der Waals surface area contributed by atoms with Gasteiger partial charge in [-0.2, -0.15) is 12.6 Å². The molecule has 0 aromatic heterocycles. The maximum Gasteiger partial charge on any atom is 0.327 e. The van der Waals surface area contributed by atoms with E-state index in [4.69, 9.17) is 20.1 Å². The minimum atomic E-state index is -2.33. The van der Waals surface area contributed by atoms with Crippen molar-refractivity contribution >= 4 is 30.7 Å². The van der Waals surface area contributed by atoms with Gasteiger partial charge in [-0.3, -0.25) is 4.79 Å². The predicted octanol–water partition coefficient (Wildman–Crippen LogP) is -2.94. The molecule has 1 amide bonds. The number of carboxylic acids is 1. The van der Waals surface area contributed by atoms with Gasteiger partial charge in [0.05, 0.1) is 0 Å². The van der Waals surface area contributed by atoms with Crippen molar-refractivity contribution in [3.63, 3.8) is 0 Å². The van der Waals surface area contributed by atoms with Crippen LogP contribution in [0.4, 0.5) is 4.79 Å². The van der Waals surface area contributed by atoms with Crippen LogP contribution in [-0.2, 0) is 9.59 Å². The minimum Gasteiger partial charge on any atom is -0.652 e. The Morgan fingerprint density at radius 1 is 1.43 bits per heavy atom. The molecule has 0 aliphatic heterocycles. The Balaban J connectivity index is 0. The maximum absolute atomic E-state index is 10.3. The number of hydrogen-bond donors (Lipinski definition) is 3. The van der Waals surface area contributed by atoms with Gasteiger partial charge in [-0.15, -0.1) is 0 Å². The van der Waals surface area contributed by atoms with E-state index in [0.29, 0.717) is 0 Å². The van der Waals surface area contributed by atoms with Crippen molar-refractivity contribution in [2.24, 2.45) is 0 Å². The summed E-state index contributed by atoms with van der Waals surface area (Å²) in [4.78, 5) is 28.8. The van der Waals surface area contributed by atoms with Crippen LogP contribution in [0.5, 0.6) is 0 Å². The summed E-state index contributed by atoms with van der Waals surface area (Å²) in [7, 11) is 0. The molecule has 0 rings (SSSR count). The lowest BCUT2D eigenvalue weighted by molar-refractivity contribution is -0.415. The summed E-state index contributed by atoms with van der Waals surface area (Å²) in [5.41, 5.74) is 0. The highest BCUT2D eigenvalue weighted by Gasteiger charge is 2.14. The summed E-state index contributed by atoms with van der Waals surface area (Å²) in [5, 5.41) is 27.2. The first kappa shape index (κ1) is 15.1. The normalized spacial score (nSPS) is 10.4. The fourth-order valence-electron chi connectivity index (χ4n) is 0.431. The van der Waals surface area contributed by atoms with Gasteiger partial charge in [0.15, 0.2) is 0 Å². The van der Waals surface area contributed by atoms with Crippen LogP contribution in [0.3, 0.4) is 0 Å². The number of carbonyl (C=O) groups excluding carboxylic acids is 2. The van der Waals surface area contributed by atoms with Gasteiger partial charge in [0.2, 0.25) is 5.91 Å². The molecular weight excluding hydrogens is 214 g/mol. The molecule has 1 atom stereocenters. The van der Waals surface area contributed by atoms with Crippen molar-refractivity contribution in [2.75, 3.05) is 5.75 Å². The average molecular weight is 223 g/mol. The highest BCUT2D eigenvalue weighted by Crippen LogP contribution is 1.86. The molecule has 0 fully saturated rings. The van der Waals surface area contributed by atoms with Crippen molar-refractivity contribution in [2.45, 2.75) is 13.0 Å². The van der Waals surface area contributed by atoms with Gasteiger partial charge < -0.3 is 25.4 Å². The lowest BCUT2D eigenvalue weighted by Crippen LogP contribution is -2.40. The lowest BCUT2D eigenvalue weighted by atomic mass is 10.3. The monoisotopic (exact) mass is 223 g/mol. The van der Waals surface area contributed by atoms with Crippen LogP contribution in [0.25, 0.3) is 0 Å². The van der Waals surface area contributed by atoms with Crippen LogP contribution in [0.2, 0.25) is 0 Å². The van der Waals surface area contributed by atoms with Gasteiger partial charge >= 0.3 is 5.97 Å². The molecule has 0 aromatic rings. The van der Waals surface area contributed by atoms with E-state index < -0.39 is 18.2 Å². The molecule has 82 valence electrons. The summed E-state index contributed by atoms with van der Waals surface area (Å²) in [5.74, 6) is -1.32. The number of aliphatic carboxylic acids is 1. The van der Waals surface area contributed by atoms with Crippen molar-refractivity contribution in [3.8, 4) is 0 Å². The van der Waals surface area contributed by atoms with Crippen LogP contribution < -0.4 is 15.5 Å². The highest BCUT2D eigenvalue weighted by molar-refractivity contribution is 7.80. The van der Waals surface area contributed by atoms with E-state index in [-0.39, 0.29) is 11.7 Å². The third-order valence-corrected chi connectivity index (χ3v) is 1.22. The number of rotatable bonds is 3. The Morgan fingerprint density at radius 3 is 1.86 bits per heavy atom. The van der Waals surface area contributed by atoms with E-state index in [2.05, 4.69) is 17.9 Å². The highest BCUT2D eigenvalue weighted by atomic mass is 32.1. The summed E-state index contributed by atoms with van der Waals surface area (Å²) in [6.45, 7) is 1.26. The molecule has 14 heavy (non-hydrogen) atoms. The molecule has 2 N–H and O–H groups in total. The third kappa shape index (κ3) is 13.2. The minimum absolute atomic E-state index is 0.106. The molecular formula is C6H9NO6S-2. The molecule has 0 heterocycles. The van der Waals surface area contributed by atoms with Crippen molar-refractivity contribution < 1.29 is 29.7 Å². The number of amides is 1. The summed E-state index contributed by atoms with van der Waals surface area (Å²) in [6.07, 6.45) is -2.33. The zero-order valence-electron chi connectivity index (χ0n) is 7.22. The standard InChI is InChI=1S/C5H9NO3S.CH2O3/c1-3(7)6-4(2-10)5(8)9;2-1(3)4/h4,10H,2H2,1H3,(H,6,7)(H,8,9);(H2,2,3,4)/p-2. The molecule has 0 saturated heterocycles.